The molecule has 26 heavy (non-hydrogen) atoms. The molecule has 136 valence electrons. The van der Waals surface area contributed by atoms with E-state index in [1.54, 1.807) is 20.3 Å². The summed E-state index contributed by atoms with van der Waals surface area (Å²) in [6, 6.07) is 9.22. The third kappa shape index (κ3) is 2.82. The summed E-state index contributed by atoms with van der Waals surface area (Å²) in [4.78, 5) is 15.3. The lowest BCUT2D eigenvalue weighted by molar-refractivity contribution is 0.104. The first-order valence-corrected chi connectivity index (χ1v) is 9.02. The molecule has 0 bridgehead atoms. The molecule has 0 N–H and O–H groups in total. The van der Waals surface area contributed by atoms with Gasteiger partial charge >= 0.3 is 0 Å². The zero-order valence-corrected chi connectivity index (χ0v) is 15.2. The van der Waals surface area contributed by atoms with Gasteiger partial charge in [0.25, 0.3) is 0 Å². The first-order valence-electron chi connectivity index (χ1n) is 9.02. The van der Waals surface area contributed by atoms with Crippen LogP contribution in [-0.4, -0.2) is 51.1 Å². The van der Waals surface area contributed by atoms with Crippen molar-refractivity contribution in [2.45, 2.75) is 12.8 Å². The molecule has 2 aromatic carbocycles. The van der Waals surface area contributed by atoms with Crippen LogP contribution in [0.1, 0.15) is 28.8 Å². The second kappa shape index (κ2) is 7.00. The highest BCUT2D eigenvalue weighted by molar-refractivity contribution is 6.23. The van der Waals surface area contributed by atoms with E-state index >= 15 is 0 Å². The van der Waals surface area contributed by atoms with Crippen LogP contribution in [-0.2, 0) is 0 Å². The van der Waals surface area contributed by atoms with Gasteiger partial charge in [0.05, 0.1) is 14.2 Å². The molecule has 0 amide bonds. The highest BCUT2D eigenvalue weighted by atomic mass is 16.5. The number of hydrogen-bond donors (Lipinski definition) is 0. The number of methoxy groups -OCH3 is 2. The number of likely N-dealkylation sites (tertiary alicyclic amines) is 1. The quantitative estimate of drug-likeness (QED) is 0.680. The number of ether oxygens (including phenoxy) is 3. The lowest BCUT2D eigenvalue weighted by Crippen LogP contribution is -2.25. The molecule has 1 aliphatic heterocycles. The number of ketones is 1. The van der Waals surface area contributed by atoms with E-state index in [0.717, 1.165) is 36.5 Å². The number of fused-ring (bicyclic) bond motifs is 3. The van der Waals surface area contributed by atoms with Crippen LogP contribution in [0.15, 0.2) is 30.3 Å². The van der Waals surface area contributed by atoms with E-state index in [9.17, 15) is 4.79 Å². The monoisotopic (exact) mass is 353 g/mol. The first kappa shape index (κ1) is 16.9. The zero-order valence-electron chi connectivity index (χ0n) is 15.2. The lowest BCUT2D eigenvalue weighted by Gasteiger charge is -2.17. The second-order valence-corrected chi connectivity index (χ2v) is 6.66. The summed E-state index contributed by atoms with van der Waals surface area (Å²) in [7, 11) is 3.19. The average molecular weight is 353 g/mol. The van der Waals surface area contributed by atoms with E-state index in [1.165, 1.54) is 12.8 Å². The highest BCUT2D eigenvalue weighted by Crippen LogP contribution is 2.48. The third-order valence-corrected chi connectivity index (χ3v) is 5.16. The van der Waals surface area contributed by atoms with Gasteiger partial charge in [0.15, 0.2) is 5.78 Å². The molecular weight excluding hydrogens is 330 g/mol. The molecule has 0 spiro atoms. The minimum absolute atomic E-state index is 0.0165. The minimum Gasteiger partial charge on any atom is -0.497 e. The number of carbonyl (C=O) groups is 1. The highest BCUT2D eigenvalue weighted by Gasteiger charge is 2.33. The standard InChI is InChI=1S/C21H23NO4/c1-24-14-12-16-20(18(13-14)25-2)19-15(21(16)23)6-5-7-17(19)26-11-10-22-8-3-4-9-22/h5-7,12-13H,3-4,8-11H2,1-2H3. The molecule has 2 aliphatic rings. The Hall–Kier alpha value is -2.53. The molecule has 1 fully saturated rings. The predicted octanol–water partition coefficient (Wildman–Crippen LogP) is 3.39. The maximum Gasteiger partial charge on any atom is 0.194 e. The van der Waals surface area contributed by atoms with E-state index in [4.69, 9.17) is 14.2 Å². The Labute approximate surface area is 153 Å². The average Bonchev–Trinajstić information content (AvgIpc) is 3.29. The van der Waals surface area contributed by atoms with Crippen molar-refractivity contribution < 1.29 is 19.0 Å². The maximum atomic E-state index is 12.9. The SMILES string of the molecule is COc1cc(OC)c2c(c1)C(=O)c1cccc(OCCN3CCCC3)c1-2. The largest absolute Gasteiger partial charge is 0.497 e. The summed E-state index contributed by atoms with van der Waals surface area (Å²) < 4.78 is 17.0. The Morgan fingerprint density at radius 2 is 1.73 bits per heavy atom. The van der Waals surface area contributed by atoms with Gasteiger partial charge in [-0.2, -0.15) is 0 Å². The number of nitrogens with zero attached hydrogens (tertiary/aromatic N) is 1. The zero-order chi connectivity index (χ0) is 18.1. The number of benzene rings is 2. The van der Waals surface area contributed by atoms with Gasteiger partial charge in [-0.1, -0.05) is 12.1 Å². The Morgan fingerprint density at radius 3 is 2.46 bits per heavy atom. The number of rotatable bonds is 6. The summed E-state index contributed by atoms with van der Waals surface area (Å²) in [5.74, 6) is 1.95. The van der Waals surface area contributed by atoms with Gasteiger partial charge < -0.3 is 14.2 Å². The van der Waals surface area contributed by atoms with Gasteiger partial charge in [-0.3, -0.25) is 9.69 Å². The van der Waals surface area contributed by atoms with Crippen LogP contribution in [0, 0.1) is 0 Å². The molecule has 0 unspecified atom stereocenters. The van der Waals surface area contributed by atoms with E-state index in [2.05, 4.69) is 4.90 Å². The molecule has 0 atom stereocenters. The second-order valence-electron chi connectivity index (χ2n) is 6.66. The van der Waals surface area contributed by atoms with Crippen LogP contribution in [0.3, 0.4) is 0 Å². The van der Waals surface area contributed by atoms with Gasteiger partial charge in [-0.15, -0.1) is 0 Å². The van der Waals surface area contributed by atoms with E-state index in [-0.39, 0.29) is 5.78 Å². The van der Waals surface area contributed by atoms with Gasteiger partial charge in [0.2, 0.25) is 0 Å². The van der Waals surface area contributed by atoms with Crippen molar-refractivity contribution in [2.75, 3.05) is 40.5 Å². The van der Waals surface area contributed by atoms with Crippen LogP contribution in [0.4, 0.5) is 0 Å². The van der Waals surface area contributed by atoms with Crippen LogP contribution >= 0.6 is 0 Å². The molecular formula is C21H23NO4. The van der Waals surface area contributed by atoms with Gasteiger partial charge in [0.1, 0.15) is 23.9 Å². The molecule has 1 aliphatic carbocycles. The van der Waals surface area contributed by atoms with Crippen molar-refractivity contribution in [1.29, 1.82) is 0 Å². The smallest absolute Gasteiger partial charge is 0.194 e. The molecule has 1 heterocycles. The first-order chi connectivity index (χ1) is 12.7. The molecule has 0 saturated carbocycles. The Morgan fingerprint density at radius 1 is 0.962 bits per heavy atom. The number of hydrogen-bond acceptors (Lipinski definition) is 5. The van der Waals surface area contributed by atoms with Gasteiger partial charge in [-0.25, -0.2) is 0 Å². The van der Waals surface area contributed by atoms with E-state index < -0.39 is 0 Å². The molecule has 5 heteroatoms. The topological polar surface area (TPSA) is 48.0 Å². The van der Waals surface area contributed by atoms with Crippen LogP contribution in [0.2, 0.25) is 0 Å². The Balaban J connectivity index is 1.68. The van der Waals surface area contributed by atoms with Crippen molar-refractivity contribution in [3.05, 3.63) is 41.5 Å². The summed E-state index contributed by atoms with van der Waals surface area (Å²) >= 11 is 0. The Bertz CT molecular complexity index is 840. The summed E-state index contributed by atoms with van der Waals surface area (Å²) in [6.07, 6.45) is 2.53. The van der Waals surface area contributed by atoms with Crippen molar-refractivity contribution in [3.63, 3.8) is 0 Å². The van der Waals surface area contributed by atoms with Crippen molar-refractivity contribution in [2.24, 2.45) is 0 Å². The minimum atomic E-state index is -0.0165. The number of carbonyl (C=O) groups excluding carboxylic acids is 1. The van der Waals surface area contributed by atoms with Crippen LogP contribution in [0.25, 0.3) is 11.1 Å². The van der Waals surface area contributed by atoms with Gasteiger partial charge in [-0.05, 0) is 38.1 Å². The maximum absolute atomic E-state index is 12.9. The predicted molar refractivity (Wildman–Crippen MR) is 99.6 cm³/mol. The third-order valence-electron chi connectivity index (χ3n) is 5.16. The summed E-state index contributed by atoms with van der Waals surface area (Å²) in [5, 5.41) is 0. The van der Waals surface area contributed by atoms with Gasteiger partial charge in [0, 0.05) is 34.9 Å². The molecule has 1 saturated heterocycles. The Kier molecular flexibility index (Phi) is 4.55. The van der Waals surface area contributed by atoms with Crippen LogP contribution in [0.5, 0.6) is 17.2 Å². The molecule has 4 rings (SSSR count). The van der Waals surface area contributed by atoms with E-state index in [1.807, 2.05) is 24.3 Å². The fourth-order valence-electron chi connectivity index (χ4n) is 3.84. The normalized spacial score (nSPS) is 15.7. The van der Waals surface area contributed by atoms with Crippen molar-refractivity contribution in [3.8, 4) is 28.4 Å². The molecule has 5 nitrogen and oxygen atoms in total. The van der Waals surface area contributed by atoms with Crippen molar-refractivity contribution >= 4 is 5.78 Å². The fraction of sp³-hybridized carbons (Fsp3) is 0.381. The van der Waals surface area contributed by atoms with E-state index in [0.29, 0.717) is 29.2 Å². The fourth-order valence-corrected chi connectivity index (χ4v) is 3.84. The molecule has 0 aromatic heterocycles. The summed E-state index contributed by atoms with van der Waals surface area (Å²) in [6.45, 7) is 3.80. The lowest BCUT2D eigenvalue weighted by atomic mass is 10.0. The van der Waals surface area contributed by atoms with Crippen molar-refractivity contribution in [1.82, 2.24) is 4.90 Å². The molecule has 2 aromatic rings. The summed E-state index contributed by atoms with van der Waals surface area (Å²) in [5.41, 5.74) is 2.88. The molecule has 0 radical (unpaired) electrons. The van der Waals surface area contributed by atoms with Crippen LogP contribution < -0.4 is 14.2 Å².